The number of pyridine rings is 1. The van der Waals surface area contributed by atoms with Crippen molar-refractivity contribution in [2.75, 3.05) is 6.54 Å². The molecule has 2 heterocycles. The number of benzene rings is 1. The van der Waals surface area contributed by atoms with Crippen LogP contribution in [0.2, 0.25) is 10.0 Å². The maximum absolute atomic E-state index is 11.8. The summed E-state index contributed by atoms with van der Waals surface area (Å²) < 4.78 is 0. The average molecular weight is 365 g/mol. The van der Waals surface area contributed by atoms with Crippen LogP contribution < -0.4 is 0 Å². The highest BCUT2D eigenvalue weighted by molar-refractivity contribution is 6.35. The largest absolute Gasteiger partial charge is 0.480 e. The van der Waals surface area contributed by atoms with Gasteiger partial charge in [0.15, 0.2) is 0 Å². The van der Waals surface area contributed by atoms with E-state index in [9.17, 15) is 9.90 Å². The number of halogens is 2. The van der Waals surface area contributed by atoms with E-state index in [-0.39, 0.29) is 6.04 Å². The fourth-order valence-corrected chi connectivity index (χ4v) is 3.86. The van der Waals surface area contributed by atoms with Gasteiger partial charge in [0.05, 0.1) is 6.04 Å². The Morgan fingerprint density at radius 1 is 1.21 bits per heavy atom. The molecule has 1 aromatic carbocycles. The van der Waals surface area contributed by atoms with Crippen molar-refractivity contribution in [2.45, 2.75) is 31.3 Å². The second-order valence-corrected chi connectivity index (χ2v) is 6.78. The summed E-state index contributed by atoms with van der Waals surface area (Å²) >= 11 is 12.5. The summed E-state index contributed by atoms with van der Waals surface area (Å²) in [6.07, 6.45) is 5.96. The topological polar surface area (TPSA) is 53.4 Å². The van der Waals surface area contributed by atoms with Gasteiger partial charge in [-0.2, -0.15) is 0 Å². The number of hydrogen-bond acceptors (Lipinski definition) is 3. The number of nitrogens with zero attached hydrogens (tertiary/aromatic N) is 2. The third-order valence-corrected chi connectivity index (χ3v) is 5.00. The Labute approximate surface area is 151 Å². The molecule has 6 heteroatoms. The van der Waals surface area contributed by atoms with Crippen LogP contribution in [-0.2, 0) is 4.79 Å². The van der Waals surface area contributed by atoms with Gasteiger partial charge in [-0.1, -0.05) is 35.7 Å². The second-order valence-electron chi connectivity index (χ2n) is 5.94. The number of rotatable bonds is 4. The van der Waals surface area contributed by atoms with Crippen molar-refractivity contribution in [2.24, 2.45) is 0 Å². The highest BCUT2D eigenvalue weighted by atomic mass is 35.5. The zero-order chi connectivity index (χ0) is 17.1. The SMILES string of the molecule is O=C(O)C1CCCCN1C(c1ccncc1)c1ccc(Cl)cc1Cl. The standard InChI is InChI=1S/C18H18Cl2N2O2/c19-13-4-5-14(15(20)11-13)17(12-6-8-21-9-7-12)22-10-2-1-3-16(22)18(23)24/h4-9,11,16-17H,1-3,10H2,(H,23,24). The van der Waals surface area contributed by atoms with Crippen molar-refractivity contribution in [1.82, 2.24) is 9.88 Å². The molecule has 1 saturated heterocycles. The van der Waals surface area contributed by atoms with E-state index < -0.39 is 12.0 Å². The molecule has 0 amide bonds. The first-order chi connectivity index (χ1) is 11.6. The summed E-state index contributed by atoms with van der Waals surface area (Å²) in [5.74, 6) is -0.793. The Kier molecular flexibility index (Phi) is 5.39. The number of aromatic nitrogens is 1. The predicted octanol–water partition coefficient (Wildman–Crippen LogP) is 4.42. The minimum absolute atomic E-state index is 0.237. The first-order valence-electron chi connectivity index (χ1n) is 7.91. The molecule has 0 radical (unpaired) electrons. The Bertz CT molecular complexity index is 724. The molecule has 1 N–H and O–H groups in total. The number of hydrogen-bond donors (Lipinski definition) is 1. The van der Waals surface area contributed by atoms with Crippen LogP contribution in [0.1, 0.15) is 36.4 Å². The Hall–Kier alpha value is -1.62. The van der Waals surface area contributed by atoms with Crippen molar-refractivity contribution in [3.05, 3.63) is 63.9 Å². The molecule has 126 valence electrons. The van der Waals surface area contributed by atoms with Gasteiger partial charge >= 0.3 is 5.97 Å². The number of carbonyl (C=O) groups is 1. The van der Waals surface area contributed by atoms with E-state index in [4.69, 9.17) is 23.2 Å². The first kappa shape index (κ1) is 17.2. The molecule has 1 aliphatic heterocycles. The highest BCUT2D eigenvalue weighted by Crippen LogP contribution is 2.38. The molecule has 2 unspecified atom stereocenters. The van der Waals surface area contributed by atoms with E-state index in [0.717, 1.165) is 24.0 Å². The van der Waals surface area contributed by atoms with Crippen LogP contribution in [-0.4, -0.2) is 33.5 Å². The molecular weight excluding hydrogens is 347 g/mol. The van der Waals surface area contributed by atoms with E-state index >= 15 is 0 Å². The third kappa shape index (κ3) is 3.56. The molecular formula is C18H18Cl2N2O2. The van der Waals surface area contributed by atoms with Crippen molar-refractivity contribution in [3.8, 4) is 0 Å². The van der Waals surface area contributed by atoms with E-state index in [2.05, 4.69) is 4.98 Å². The van der Waals surface area contributed by atoms with Crippen molar-refractivity contribution in [1.29, 1.82) is 0 Å². The lowest BCUT2D eigenvalue weighted by Gasteiger charge is -2.39. The van der Waals surface area contributed by atoms with E-state index in [1.54, 1.807) is 24.5 Å². The second kappa shape index (κ2) is 7.51. The number of likely N-dealkylation sites (tertiary alicyclic amines) is 1. The number of carboxylic acid groups (broad SMARTS) is 1. The summed E-state index contributed by atoms with van der Waals surface area (Å²) in [6, 6.07) is 8.42. The molecule has 24 heavy (non-hydrogen) atoms. The van der Waals surface area contributed by atoms with Crippen LogP contribution in [0.25, 0.3) is 0 Å². The number of carboxylic acids is 1. The first-order valence-corrected chi connectivity index (χ1v) is 8.67. The van der Waals surface area contributed by atoms with Crippen molar-refractivity contribution >= 4 is 29.2 Å². The number of piperidine rings is 1. The lowest BCUT2D eigenvalue weighted by atomic mass is 9.92. The van der Waals surface area contributed by atoms with Gasteiger partial charge < -0.3 is 5.11 Å². The monoisotopic (exact) mass is 364 g/mol. The van der Waals surface area contributed by atoms with Crippen LogP contribution >= 0.6 is 23.2 Å². The zero-order valence-electron chi connectivity index (χ0n) is 13.0. The molecule has 0 spiro atoms. The quantitative estimate of drug-likeness (QED) is 0.872. The van der Waals surface area contributed by atoms with Gasteiger partial charge in [-0.25, -0.2) is 0 Å². The van der Waals surface area contributed by atoms with Gasteiger partial charge in [-0.3, -0.25) is 14.7 Å². The van der Waals surface area contributed by atoms with Crippen LogP contribution in [0.3, 0.4) is 0 Å². The fraction of sp³-hybridized carbons (Fsp3) is 0.333. The fourth-order valence-electron chi connectivity index (χ4n) is 3.35. The van der Waals surface area contributed by atoms with E-state index in [0.29, 0.717) is 23.0 Å². The zero-order valence-corrected chi connectivity index (χ0v) is 14.5. The smallest absolute Gasteiger partial charge is 0.320 e. The molecule has 1 aromatic heterocycles. The van der Waals surface area contributed by atoms with Crippen LogP contribution in [0.5, 0.6) is 0 Å². The summed E-state index contributed by atoms with van der Waals surface area (Å²) in [5, 5.41) is 10.8. The Morgan fingerprint density at radius 2 is 1.96 bits per heavy atom. The molecule has 2 aromatic rings. The molecule has 1 fully saturated rings. The molecule has 1 aliphatic rings. The Morgan fingerprint density at radius 3 is 2.62 bits per heavy atom. The van der Waals surface area contributed by atoms with Gasteiger partial charge in [0, 0.05) is 22.4 Å². The maximum atomic E-state index is 11.8. The molecule has 0 saturated carbocycles. The summed E-state index contributed by atoms with van der Waals surface area (Å²) in [4.78, 5) is 17.9. The average Bonchev–Trinajstić information content (AvgIpc) is 2.58. The molecule has 3 rings (SSSR count). The Balaban J connectivity index is 2.10. The summed E-state index contributed by atoms with van der Waals surface area (Å²) in [6.45, 7) is 0.711. The minimum atomic E-state index is -0.793. The van der Waals surface area contributed by atoms with Gasteiger partial charge in [0.1, 0.15) is 6.04 Å². The maximum Gasteiger partial charge on any atom is 0.320 e. The summed E-state index contributed by atoms with van der Waals surface area (Å²) in [7, 11) is 0. The minimum Gasteiger partial charge on any atom is -0.480 e. The van der Waals surface area contributed by atoms with Crippen LogP contribution in [0.15, 0.2) is 42.7 Å². The highest BCUT2D eigenvalue weighted by Gasteiger charge is 2.35. The van der Waals surface area contributed by atoms with Gasteiger partial charge in [-0.15, -0.1) is 0 Å². The van der Waals surface area contributed by atoms with Crippen molar-refractivity contribution in [3.63, 3.8) is 0 Å². The van der Waals surface area contributed by atoms with E-state index in [1.807, 2.05) is 23.1 Å². The lowest BCUT2D eigenvalue weighted by molar-refractivity contribution is -0.145. The normalized spacial score (nSPS) is 19.8. The molecule has 4 nitrogen and oxygen atoms in total. The van der Waals surface area contributed by atoms with Gasteiger partial charge in [0.2, 0.25) is 0 Å². The van der Waals surface area contributed by atoms with Crippen LogP contribution in [0.4, 0.5) is 0 Å². The van der Waals surface area contributed by atoms with Gasteiger partial charge in [0.25, 0.3) is 0 Å². The van der Waals surface area contributed by atoms with Gasteiger partial charge in [-0.05, 0) is 54.8 Å². The van der Waals surface area contributed by atoms with E-state index in [1.165, 1.54) is 0 Å². The van der Waals surface area contributed by atoms with Crippen LogP contribution in [0, 0.1) is 0 Å². The lowest BCUT2D eigenvalue weighted by Crippen LogP contribution is -2.46. The molecule has 0 bridgehead atoms. The third-order valence-electron chi connectivity index (χ3n) is 4.44. The predicted molar refractivity (Wildman–Crippen MR) is 94.5 cm³/mol. The van der Waals surface area contributed by atoms with Crippen molar-refractivity contribution < 1.29 is 9.90 Å². The molecule has 2 atom stereocenters. The number of aliphatic carboxylic acids is 1. The summed E-state index contributed by atoms with van der Waals surface area (Å²) in [5.41, 5.74) is 1.84. The molecule has 0 aliphatic carbocycles.